The van der Waals surface area contributed by atoms with Gasteiger partial charge in [0.1, 0.15) is 0 Å². The van der Waals surface area contributed by atoms with Gasteiger partial charge >= 0.3 is 0 Å². The number of amides is 1. The summed E-state index contributed by atoms with van der Waals surface area (Å²) in [5.74, 6) is 0.365. The molecule has 1 heterocycles. The minimum atomic E-state index is -0.704. The Morgan fingerprint density at radius 1 is 1.50 bits per heavy atom. The topological polar surface area (TPSA) is 66.6 Å². The Morgan fingerprint density at radius 3 is 2.57 bits per heavy atom. The number of rotatable bonds is 2. The van der Waals surface area contributed by atoms with Crippen LogP contribution in [0.25, 0.3) is 0 Å². The van der Waals surface area contributed by atoms with Gasteiger partial charge in [-0.15, -0.1) is 0 Å². The number of likely N-dealkylation sites (tertiary alicyclic amines) is 1. The van der Waals surface area contributed by atoms with Gasteiger partial charge in [0.05, 0.1) is 11.6 Å². The van der Waals surface area contributed by atoms with Crippen molar-refractivity contribution < 1.29 is 9.90 Å². The van der Waals surface area contributed by atoms with Crippen LogP contribution in [-0.2, 0) is 4.79 Å². The zero-order chi connectivity index (χ0) is 10.3. The zero-order valence-electron chi connectivity index (χ0n) is 8.57. The fraction of sp³-hybridized carbons (Fsp3) is 0.900. The van der Waals surface area contributed by atoms with Crippen LogP contribution < -0.4 is 5.73 Å². The molecule has 2 atom stereocenters. The highest BCUT2D eigenvalue weighted by atomic mass is 16.3. The monoisotopic (exact) mass is 198 g/mol. The molecule has 1 saturated heterocycles. The maximum absolute atomic E-state index is 12.0. The Labute approximate surface area is 84.1 Å². The van der Waals surface area contributed by atoms with Crippen LogP contribution in [0, 0.1) is 5.92 Å². The van der Waals surface area contributed by atoms with Crippen LogP contribution in [0.1, 0.15) is 26.2 Å². The van der Waals surface area contributed by atoms with E-state index in [4.69, 9.17) is 5.73 Å². The number of aliphatic hydroxyl groups is 1. The summed E-state index contributed by atoms with van der Waals surface area (Å²) in [5.41, 5.74) is 5.31. The van der Waals surface area contributed by atoms with E-state index in [-0.39, 0.29) is 12.0 Å². The molecule has 80 valence electrons. The van der Waals surface area contributed by atoms with Gasteiger partial charge in [0.15, 0.2) is 0 Å². The molecule has 2 rings (SSSR count). The average Bonchev–Trinajstić information content (AvgIpc) is 2.89. The van der Waals surface area contributed by atoms with Crippen LogP contribution in [0.4, 0.5) is 0 Å². The number of hydrogen-bond donors (Lipinski definition) is 2. The molecule has 4 heteroatoms. The lowest BCUT2D eigenvalue weighted by Gasteiger charge is -2.28. The van der Waals surface area contributed by atoms with Gasteiger partial charge in [0.25, 0.3) is 0 Å². The number of carbonyl (C=O) groups is 1. The summed E-state index contributed by atoms with van der Waals surface area (Å²) in [6.07, 6.45) is 2.46. The van der Waals surface area contributed by atoms with E-state index >= 15 is 0 Å². The highest BCUT2D eigenvalue weighted by Crippen LogP contribution is 2.39. The standard InChI is InChI=1S/C10H18N2O2/c1-10(11,7-2-3-7)9(14)12-5-4-8(13)6-12/h7-8,13H,2-6,11H2,1H3. The molecule has 1 aliphatic carbocycles. The first-order valence-electron chi connectivity index (χ1n) is 5.28. The van der Waals surface area contributed by atoms with Crippen molar-refractivity contribution in [2.75, 3.05) is 13.1 Å². The largest absolute Gasteiger partial charge is 0.391 e. The quantitative estimate of drug-likeness (QED) is 0.640. The highest BCUT2D eigenvalue weighted by molar-refractivity contribution is 5.86. The van der Waals surface area contributed by atoms with Crippen molar-refractivity contribution in [3.05, 3.63) is 0 Å². The summed E-state index contributed by atoms with van der Waals surface area (Å²) < 4.78 is 0. The molecule has 0 aromatic heterocycles. The predicted octanol–water partition coefficient (Wildman–Crippen LogP) is -0.293. The number of nitrogens with zero attached hydrogens (tertiary/aromatic N) is 1. The minimum Gasteiger partial charge on any atom is -0.391 e. The van der Waals surface area contributed by atoms with Crippen molar-refractivity contribution >= 4 is 5.91 Å². The Kier molecular flexibility index (Phi) is 2.27. The van der Waals surface area contributed by atoms with Gasteiger partial charge in [-0.25, -0.2) is 0 Å². The lowest BCUT2D eigenvalue weighted by molar-refractivity contribution is -0.136. The fourth-order valence-electron chi connectivity index (χ4n) is 2.12. The second-order valence-electron chi connectivity index (χ2n) is 4.75. The van der Waals surface area contributed by atoms with E-state index in [1.807, 2.05) is 6.92 Å². The molecule has 0 spiro atoms. The summed E-state index contributed by atoms with van der Waals surface area (Å²) in [4.78, 5) is 13.7. The van der Waals surface area contributed by atoms with Crippen LogP contribution >= 0.6 is 0 Å². The molecule has 1 amide bonds. The Morgan fingerprint density at radius 2 is 2.14 bits per heavy atom. The van der Waals surface area contributed by atoms with E-state index < -0.39 is 5.54 Å². The zero-order valence-corrected chi connectivity index (χ0v) is 8.57. The molecule has 2 unspecified atom stereocenters. The summed E-state index contributed by atoms with van der Waals surface area (Å²) in [5, 5.41) is 9.33. The molecule has 3 N–H and O–H groups in total. The van der Waals surface area contributed by atoms with Crippen LogP contribution in [0.2, 0.25) is 0 Å². The van der Waals surface area contributed by atoms with Crippen molar-refractivity contribution in [1.29, 1.82) is 0 Å². The maximum atomic E-state index is 12.0. The summed E-state index contributed by atoms with van der Waals surface area (Å²) in [7, 11) is 0. The molecule has 0 radical (unpaired) electrons. The molecule has 0 aromatic carbocycles. The third kappa shape index (κ3) is 1.64. The molecule has 1 aliphatic heterocycles. The molecular weight excluding hydrogens is 180 g/mol. The first kappa shape index (κ1) is 9.93. The second kappa shape index (κ2) is 3.21. The molecular formula is C10H18N2O2. The first-order valence-corrected chi connectivity index (χ1v) is 5.28. The number of carbonyl (C=O) groups excluding carboxylic acids is 1. The first-order chi connectivity index (χ1) is 6.51. The average molecular weight is 198 g/mol. The number of nitrogens with two attached hydrogens (primary N) is 1. The molecule has 14 heavy (non-hydrogen) atoms. The van der Waals surface area contributed by atoms with E-state index in [0.717, 1.165) is 12.8 Å². The van der Waals surface area contributed by atoms with Crippen molar-refractivity contribution in [3.8, 4) is 0 Å². The third-order valence-electron chi connectivity index (χ3n) is 3.34. The molecule has 1 saturated carbocycles. The normalized spacial score (nSPS) is 31.6. The molecule has 2 aliphatic rings. The Hall–Kier alpha value is -0.610. The predicted molar refractivity (Wildman–Crippen MR) is 52.5 cm³/mol. The Bertz CT molecular complexity index is 249. The van der Waals surface area contributed by atoms with Gasteiger partial charge in [-0.3, -0.25) is 4.79 Å². The molecule has 4 nitrogen and oxygen atoms in total. The summed E-state index contributed by atoms with van der Waals surface area (Å²) in [6, 6.07) is 0. The lowest BCUT2D eigenvalue weighted by atomic mass is 9.95. The summed E-state index contributed by atoms with van der Waals surface area (Å²) >= 11 is 0. The van der Waals surface area contributed by atoms with Gasteiger partial charge in [-0.2, -0.15) is 0 Å². The van der Waals surface area contributed by atoms with Crippen molar-refractivity contribution in [2.24, 2.45) is 11.7 Å². The SMILES string of the molecule is CC(N)(C(=O)N1CCC(O)C1)C1CC1. The number of β-amino-alcohol motifs (C(OH)–C–C–N with tert-alkyl or cyclic N) is 1. The van der Waals surface area contributed by atoms with Crippen LogP contribution in [0.3, 0.4) is 0 Å². The maximum Gasteiger partial charge on any atom is 0.242 e. The van der Waals surface area contributed by atoms with Gasteiger partial charge in [-0.05, 0) is 32.1 Å². The van der Waals surface area contributed by atoms with Crippen LogP contribution in [0.5, 0.6) is 0 Å². The smallest absolute Gasteiger partial charge is 0.242 e. The lowest BCUT2D eigenvalue weighted by Crippen LogP contribution is -2.54. The van der Waals surface area contributed by atoms with E-state index in [0.29, 0.717) is 25.4 Å². The van der Waals surface area contributed by atoms with Crippen molar-refractivity contribution in [3.63, 3.8) is 0 Å². The molecule has 0 bridgehead atoms. The number of aliphatic hydroxyl groups excluding tert-OH is 1. The van der Waals surface area contributed by atoms with Gasteiger partial charge in [0.2, 0.25) is 5.91 Å². The van der Waals surface area contributed by atoms with E-state index in [9.17, 15) is 9.90 Å². The molecule has 0 aromatic rings. The van der Waals surface area contributed by atoms with Crippen LogP contribution in [-0.4, -0.2) is 40.6 Å². The molecule has 2 fully saturated rings. The van der Waals surface area contributed by atoms with Gasteiger partial charge < -0.3 is 15.7 Å². The van der Waals surface area contributed by atoms with E-state index in [2.05, 4.69) is 0 Å². The minimum absolute atomic E-state index is 0.0107. The van der Waals surface area contributed by atoms with E-state index in [1.54, 1.807) is 4.90 Å². The van der Waals surface area contributed by atoms with Crippen molar-refractivity contribution in [2.45, 2.75) is 37.8 Å². The van der Waals surface area contributed by atoms with Crippen molar-refractivity contribution in [1.82, 2.24) is 4.90 Å². The number of hydrogen-bond acceptors (Lipinski definition) is 3. The highest BCUT2D eigenvalue weighted by Gasteiger charge is 2.46. The van der Waals surface area contributed by atoms with Gasteiger partial charge in [-0.1, -0.05) is 0 Å². The second-order valence-corrected chi connectivity index (χ2v) is 4.75. The van der Waals surface area contributed by atoms with Gasteiger partial charge in [0, 0.05) is 13.1 Å². The summed E-state index contributed by atoms with van der Waals surface area (Å²) in [6.45, 7) is 2.93. The fourth-order valence-corrected chi connectivity index (χ4v) is 2.12. The third-order valence-corrected chi connectivity index (χ3v) is 3.34. The van der Waals surface area contributed by atoms with Crippen LogP contribution in [0.15, 0.2) is 0 Å². The Balaban J connectivity index is 2.00. The van der Waals surface area contributed by atoms with E-state index in [1.165, 1.54) is 0 Å².